The molecule has 0 radical (unpaired) electrons. The summed E-state index contributed by atoms with van der Waals surface area (Å²) in [6, 6.07) is 26.0. The number of nitriles is 1. The van der Waals surface area contributed by atoms with Crippen molar-refractivity contribution in [3.8, 4) is 11.8 Å². The molecule has 2 spiro atoms. The van der Waals surface area contributed by atoms with E-state index in [1.54, 1.807) is 6.07 Å². The first kappa shape index (κ1) is 30.6. The van der Waals surface area contributed by atoms with Crippen LogP contribution in [0.2, 0.25) is 0 Å². The predicted octanol–water partition coefficient (Wildman–Crippen LogP) is 8.45. The highest BCUT2D eigenvalue weighted by molar-refractivity contribution is 7.88. The fourth-order valence-corrected chi connectivity index (χ4v) is 9.63. The molecule has 4 nitrogen and oxygen atoms in total. The van der Waals surface area contributed by atoms with E-state index in [-0.39, 0.29) is 11.2 Å². The van der Waals surface area contributed by atoms with Crippen molar-refractivity contribution in [2.75, 3.05) is 0 Å². The summed E-state index contributed by atoms with van der Waals surface area (Å²) in [5, 5.41) is 9.51. The van der Waals surface area contributed by atoms with Crippen LogP contribution in [0.1, 0.15) is 86.9 Å². The lowest BCUT2D eigenvalue weighted by molar-refractivity contribution is -0.0500. The third-order valence-corrected chi connectivity index (χ3v) is 11.7. The SMILES string of the molecule is Cc1cccc2c1[C@]1(CC2)CCc2cccc(C#N)c21.Cc1cccc2c1[C@]1(CC2)CCc2cccc(OS(=O)(=O)C(F)(F)F)c21. The average molecular weight is 642 g/mol. The fourth-order valence-electron chi connectivity index (χ4n) is 9.17. The van der Waals surface area contributed by atoms with Gasteiger partial charge in [0.15, 0.2) is 0 Å². The second-order valence-electron chi connectivity index (χ2n) is 13.1. The van der Waals surface area contributed by atoms with Crippen molar-refractivity contribution in [1.29, 1.82) is 5.26 Å². The Hall–Kier alpha value is -4.09. The number of benzene rings is 4. The van der Waals surface area contributed by atoms with Gasteiger partial charge in [-0.1, -0.05) is 60.7 Å². The highest BCUT2D eigenvalue weighted by Gasteiger charge is 2.52. The van der Waals surface area contributed by atoms with Gasteiger partial charge in [0.2, 0.25) is 0 Å². The molecule has 0 saturated carbocycles. The van der Waals surface area contributed by atoms with Crippen molar-refractivity contribution in [1.82, 2.24) is 0 Å². The normalized spacial score (nSPS) is 22.1. The molecule has 8 heteroatoms. The summed E-state index contributed by atoms with van der Waals surface area (Å²) in [6.45, 7) is 4.21. The Kier molecular flexibility index (Phi) is 7.13. The molecular weight excluding hydrogens is 607 g/mol. The number of alkyl halides is 3. The number of hydrogen-bond acceptors (Lipinski definition) is 4. The molecule has 0 N–H and O–H groups in total. The minimum absolute atomic E-state index is 0.113. The molecule has 0 unspecified atom stereocenters. The second kappa shape index (κ2) is 10.7. The van der Waals surface area contributed by atoms with Crippen LogP contribution in [0.25, 0.3) is 0 Å². The maximum Gasteiger partial charge on any atom is 0.534 e. The van der Waals surface area contributed by atoms with E-state index >= 15 is 0 Å². The van der Waals surface area contributed by atoms with Crippen molar-refractivity contribution < 1.29 is 25.8 Å². The zero-order chi connectivity index (χ0) is 32.5. The van der Waals surface area contributed by atoms with E-state index in [0.29, 0.717) is 12.0 Å². The van der Waals surface area contributed by atoms with Gasteiger partial charge in [0.05, 0.1) is 11.6 Å². The first-order valence-electron chi connectivity index (χ1n) is 15.8. The number of nitrogens with zero attached hydrogens (tertiary/aromatic N) is 1. The number of hydrogen-bond donors (Lipinski definition) is 0. The summed E-state index contributed by atoms with van der Waals surface area (Å²) in [4.78, 5) is 0. The van der Waals surface area contributed by atoms with Gasteiger partial charge in [0.1, 0.15) is 5.75 Å². The van der Waals surface area contributed by atoms with Gasteiger partial charge in [-0.25, -0.2) is 0 Å². The zero-order valence-electron chi connectivity index (χ0n) is 25.8. The average Bonchev–Trinajstić information content (AvgIpc) is 3.79. The van der Waals surface area contributed by atoms with Gasteiger partial charge in [-0.3, -0.25) is 0 Å². The van der Waals surface area contributed by atoms with Crippen molar-refractivity contribution in [3.63, 3.8) is 0 Å². The molecule has 0 aromatic heterocycles. The summed E-state index contributed by atoms with van der Waals surface area (Å²) < 4.78 is 66.3. The zero-order valence-corrected chi connectivity index (χ0v) is 26.6. The fraction of sp³-hybridized carbons (Fsp3) is 0.342. The highest BCUT2D eigenvalue weighted by atomic mass is 32.2. The third kappa shape index (κ3) is 4.50. The number of fused-ring (bicyclic) bond motifs is 8. The highest BCUT2D eigenvalue weighted by Crippen LogP contribution is 2.57. The Labute approximate surface area is 268 Å². The van der Waals surface area contributed by atoms with E-state index in [9.17, 15) is 26.9 Å². The van der Waals surface area contributed by atoms with Crippen molar-refractivity contribution >= 4 is 10.1 Å². The first-order valence-corrected chi connectivity index (χ1v) is 17.2. The van der Waals surface area contributed by atoms with Crippen LogP contribution >= 0.6 is 0 Å². The van der Waals surface area contributed by atoms with Gasteiger partial charge in [-0.05, 0) is 127 Å². The molecule has 8 rings (SSSR count). The summed E-state index contributed by atoms with van der Waals surface area (Å²) >= 11 is 0. The number of rotatable bonds is 2. The Morgan fingerprint density at radius 3 is 1.54 bits per heavy atom. The maximum absolute atomic E-state index is 12.8. The summed E-state index contributed by atoms with van der Waals surface area (Å²) in [6.07, 6.45) is 7.58. The van der Waals surface area contributed by atoms with E-state index in [1.807, 2.05) is 43.3 Å². The van der Waals surface area contributed by atoms with Gasteiger partial charge in [0.25, 0.3) is 0 Å². The van der Waals surface area contributed by atoms with Gasteiger partial charge >= 0.3 is 15.6 Å². The van der Waals surface area contributed by atoms with E-state index in [1.165, 1.54) is 52.3 Å². The molecule has 236 valence electrons. The molecule has 0 aliphatic heterocycles. The predicted molar refractivity (Wildman–Crippen MR) is 170 cm³/mol. The van der Waals surface area contributed by atoms with Gasteiger partial charge in [0, 0.05) is 16.4 Å². The smallest absolute Gasteiger partial charge is 0.376 e. The van der Waals surface area contributed by atoms with Crippen LogP contribution in [0, 0.1) is 25.2 Å². The lowest BCUT2D eigenvalue weighted by atomic mass is 9.73. The molecule has 0 heterocycles. The van der Waals surface area contributed by atoms with E-state index in [2.05, 4.69) is 41.4 Å². The van der Waals surface area contributed by atoms with Crippen molar-refractivity contribution in [2.45, 2.75) is 81.6 Å². The van der Waals surface area contributed by atoms with Crippen molar-refractivity contribution in [2.24, 2.45) is 0 Å². The van der Waals surface area contributed by atoms with Crippen molar-refractivity contribution in [3.05, 3.63) is 134 Å². The largest absolute Gasteiger partial charge is 0.534 e. The van der Waals surface area contributed by atoms with Crippen LogP contribution in [-0.2, 0) is 46.6 Å². The summed E-state index contributed by atoms with van der Waals surface area (Å²) in [5.41, 5.74) is 6.99. The minimum atomic E-state index is -5.71. The monoisotopic (exact) mass is 641 g/mol. The van der Waals surface area contributed by atoms with Crippen LogP contribution in [0.15, 0.2) is 72.8 Å². The lowest BCUT2D eigenvalue weighted by Crippen LogP contribution is -2.30. The molecule has 4 aromatic rings. The van der Waals surface area contributed by atoms with Crippen LogP contribution in [-0.4, -0.2) is 13.9 Å². The summed E-state index contributed by atoms with van der Waals surface area (Å²) in [5.74, 6) is -0.201. The maximum atomic E-state index is 12.8. The van der Waals surface area contributed by atoms with Crippen LogP contribution in [0.3, 0.4) is 0 Å². The third-order valence-electron chi connectivity index (χ3n) is 10.8. The molecule has 4 aliphatic rings. The van der Waals surface area contributed by atoms with Crippen LogP contribution in [0.4, 0.5) is 13.2 Å². The Bertz CT molecular complexity index is 2040. The number of halogens is 3. The Morgan fingerprint density at radius 2 is 1.07 bits per heavy atom. The Balaban J connectivity index is 0.000000152. The molecule has 0 amide bonds. The van der Waals surface area contributed by atoms with Gasteiger partial charge in [-0.2, -0.15) is 26.9 Å². The molecule has 0 fully saturated rings. The Morgan fingerprint density at radius 1 is 0.652 bits per heavy atom. The lowest BCUT2D eigenvalue weighted by Gasteiger charge is -2.29. The molecule has 4 aliphatic carbocycles. The molecule has 2 atom stereocenters. The van der Waals surface area contributed by atoms with E-state index < -0.39 is 21.0 Å². The molecule has 0 saturated heterocycles. The molecule has 0 bridgehead atoms. The standard InChI is InChI=1S/C19H17F3O3S.C19H17N/c1-12-4-2-5-13-8-10-18(16(12)13)11-9-14-6-3-7-15(17(14)18)25-26(23,24)19(20,21)22;1-13-4-2-5-14-8-10-19(17(13)14)11-9-15-6-3-7-16(12-20)18(15)19/h2-7H,8-11H2,1H3;2-7H,8-11H2,1H3/t18-;19-/m00/s1. The van der Waals surface area contributed by atoms with Gasteiger partial charge < -0.3 is 4.18 Å². The quantitative estimate of drug-likeness (QED) is 0.163. The first-order chi connectivity index (χ1) is 21.9. The number of aryl methyl sites for hydroxylation is 6. The second-order valence-corrected chi connectivity index (χ2v) is 14.6. The van der Waals surface area contributed by atoms with E-state index in [4.69, 9.17) is 0 Å². The minimum Gasteiger partial charge on any atom is -0.376 e. The molecular formula is C38H34F3NO3S. The summed E-state index contributed by atoms with van der Waals surface area (Å²) in [7, 11) is -5.71. The van der Waals surface area contributed by atoms with E-state index in [0.717, 1.165) is 54.4 Å². The molecule has 4 aromatic carbocycles. The van der Waals surface area contributed by atoms with Crippen LogP contribution in [0.5, 0.6) is 5.75 Å². The topological polar surface area (TPSA) is 67.2 Å². The van der Waals surface area contributed by atoms with Crippen LogP contribution < -0.4 is 4.18 Å². The molecule has 46 heavy (non-hydrogen) atoms. The van der Waals surface area contributed by atoms with Gasteiger partial charge in [-0.15, -0.1) is 0 Å².